The maximum Gasteiger partial charge on any atom is 0.420 e. The number of hydrogen-bond donors (Lipinski definition) is 2. The lowest BCUT2D eigenvalue weighted by Gasteiger charge is -2.43. The Balaban J connectivity index is 2.13. The molecule has 0 saturated carbocycles. The molecular formula is C26H27F7N4O3. The Hall–Kier alpha value is -3.65. The topological polar surface area (TPSA) is 91.4 Å². The van der Waals surface area contributed by atoms with E-state index in [0.717, 1.165) is 23.2 Å². The summed E-state index contributed by atoms with van der Waals surface area (Å²) < 4.78 is 102. The molecule has 1 heterocycles. The van der Waals surface area contributed by atoms with Crippen molar-refractivity contribution in [3.05, 3.63) is 65.1 Å². The standard InChI is InChI=1S/C26H27F7N4O3/c1-15(2)37(19-6-4-18(27)5-7-19)23(38)40-22-20(8-17(25(28,29)30)9-21(22)26(31,32)33)16(10-34)11-35-12-24(39)13-36(3)14-24/h4-11,15,39H,12-14,34H2,1-3H3/b16-10+,35-11?. The van der Waals surface area contributed by atoms with Crippen LogP contribution in [0.3, 0.4) is 0 Å². The zero-order chi connectivity index (χ0) is 30.0. The van der Waals surface area contributed by atoms with Gasteiger partial charge in [-0.1, -0.05) is 0 Å². The van der Waals surface area contributed by atoms with E-state index in [0.29, 0.717) is 12.3 Å². The molecule has 0 atom stereocenters. The molecule has 0 spiro atoms. The van der Waals surface area contributed by atoms with Gasteiger partial charge in [0.05, 0.1) is 17.7 Å². The number of likely N-dealkylation sites (tertiary alicyclic amines) is 1. The molecule has 14 heteroatoms. The minimum Gasteiger partial charge on any atom is -0.409 e. The summed E-state index contributed by atoms with van der Waals surface area (Å²) in [5, 5.41) is 10.3. The van der Waals surface area contributed by atoms with Crippen LogP contribution in [0.25, 0.3) is 5.57 Å². The molecule has 2 aromatic rings. The molecule has 1 amide bonds. The van der Waals surface area contributed by atoms with E-state index in [9.17, 15) is 40.6 Å². The number of likely N-dealkylation sites (N-methyl/N-ethyl adjacent to an activating group) is 1. The van der Waals surface area contributed by atoms with Crippen LogP contribution in [-0.2, 0) is 12.4 Å². The van der Waals surface area contributed by atoms with Crippen molar-refractivity contribution in [1.82, 2.24) is 4.90 Å². The molecule has 40 heavy (non-hydrogen) atoms. The number of anilines is 1. The van der Waals surface area contributed by atoms with Crippen LogP contribution in [-0.4, -0.2) is 60.6 Å². The summed E-state index contributed by atoms with van der Waals surface area (Å²) in [6, 6.07) is 3.90. The number of allylic oxidation sites excluding steroid dienone is 1. The highest BCUT2D eigenvalue weighted by atomic mass is 19.4. The van der Waals surface area contributed by atoms with E-state index in [2.05, 4.69) is 4.99 Å². The summed E-state index contributed by atoms with van der Waals surface area (Å²) in [7, 11) is 1.73. The van der Waals surface area contributed by atoms with Gasteiger partial charge in [0.15, 0.2) is 5.75 Å². The van der Waals surface area contributed by atoms with E-state index in [1.807, 2.05) is 0 Å². The molecule has 1 fully saturated rings. The number of hydrogen-bond acceptors (Lipinski definition) is 6. The van der Waals surface area contributed by atoms with Crippen LogP contribution >= 0.6 is 0 Å². The van der Waals surface area contributed by atoms with E-state index in [-0.39, 0.29) is 31.4 Å². The van der Waals surface area contributed by atoms with Gasteiger partial charge in [-0.2, -0.15) is 26.3 Å². The molecule has 1 aliphatic heterocycles. The first kappa shape index (κ1) is 30.9. The Labute approximate surface area is 225 Å². The fraction of sp³-hybridized carbons (Fsp3) is 0.385. The summed E-state index contributed by atoms with van der Waals surface area (Å²) in [5.74, 6) is -1.87. The first-order chi connectivity index (χ1) is 18.4. The third-order valence-electron chi connectivity index (χ3n) is 5.96. The zero-order valence-electron chi connectivity index (χ0n) is 21.6. The number of ether oxygens (including phenoxy) is 1. The number of nitrogens with zero attached hydrogens (tertiary/aromatic N) is 3. The van der Waals surface area contributed by atoms with Gasteiger partial charge in [0.25, 0.3) is 0 Å². The molecule has 0 aliphatic carbocycles. The fourth-order valence-electron chi connectivity index (χ4n) is 4.25. The van der Waals surface area contributed by atoms with Crippen molar-refractivity contribution >= 4 is 23.6 Å². The normalized spacial score (nSPS) is 16.4. The van der Waals surface area contributed by atoms with Crippen LogP contribution in [0.2, 0.25) is 0 Å². The number of nitrogens with two attached hydrogens (primary N) is 1. The Morgan fingerprint density at radius 3 is 2.23 bits per heavy atom. The zero-order valence-corrected chi connectivity index (χ0v) is 21.6. The van der Waals surface area contributed by atoms with Gasteiger partial charge in [-0.3, -0.25) is 9.89 Å². The summed E-state index contributed by atoms with van der Waals surface area (Å²) in [5.41, 5.74) is -0.341. The Kier molecular flexibility index (Phi) is 8.84. The average Bonchev–Trinajstić information content (AvgIpc) is 2.81. The van der Waals surface area contributed by atoms with Gasteiger partial charge in [-0.05, 0) is 57.3 Å². The summed E-state index contributed by atoms with van der Waals surface area (Å²) in [6.45, 7) is 3.31. The van der Waals surface area contributed by atoms with Crippen molar-refractivity contribution in [2.45, 2.75) is 37.8 Å². The molecule has 0 unspecified atom stereocenters. The number of carbonyl (C=O) groups is 1. The molecule has 7 nitrogen and oxygen atoms in total. The highest BCUT2D eigenvalue weighted by Crippen LogP contribution is 2.44. The molecular weight excluding hydrogens is 549 g/mol. The second-order valence-electron chi connectivity index (χ2n) is 9.69. The van der Waals surface area contributed by atoms with Gasteiger partial charge >= 0.3 is 18.4 Å². The maximum atomic E-state index is 14.1. The molecule has 3 N–H and O–H groups in total. The molecule has 2 aromatic carbocycles. The third kappa shape index (κ3) is 7.10. The van der Waals surface area contributed by atoms with Crippen LogP contribution in [0.4, 0.5) is 41.2 Å². The van der Waals surface area contributed by atoms with Crippen molar-refractivity contribution in [3.8, 4) is 5.75 Å². The number of β-amino-alcohol motifs (C(OH)–C–C–N with tert-alkyl or cyclic N) is 1. The van der Waals surface area contributed by atoms with E-state index in [4.69, 9.17) is 10.5 Å². The summed E-state index contributed by atoms with van der Waals surface area (Å²) >= 11 is 0. The molecule has 218 valence electrons. The maximum absolute atomic E-state index is 14.1. The molecule has 0 bridgehead atoms. The number of aliphatic imine (C=N–C) groups is 1. The first-order valence-corrected chi connectivity index (χ1v) is 11.9. The monoisotopic (exact) mass is 576 g/mol. The minimum atomic E-state index is -5.38. The van der Waals surface area contributed by atoms with Gasteiger partial charge in [0, 0.05) is 48.4 Å². The number of halogens is 7. The average molecular weight is 577 g/mol. The SMILES string of the molecule is CC(C)N(C(=O)Oc1c(/C(C=NCC2(O)CN(C)C2)=C/N)cc(C(F)(F)F)cc1C(F)(F)F)c1ccc(F)cc1. The number of alkyl halides is 6. The van der Waals surface area contributed by atoms with Crippen LogP contribution in [0.5, 0.6) is 5.75 Å². The highest BCUT2D eigenvalue weighted by molar-refractivity contribution is 6.11. The quantitative estimate of drug-likeness (QED) is 0.344. The Bertz CT molecular complexity index is 1280. The number of rotatable bonds is 7. The van der Waals surface area contributed by atoms with Crippen molar-refractivity contribution < 1.29 is 45.4 Å². The van der Waals surface area contributed by atoms with Crippen LogP contribution < -0.4 is 15.4 Å². The van der Waals surface area contributed by atoms with Gasteiger partial charge in [0.1, 0.15) is 11.4 Å². The van der Waals surface area contributed by atoms with Crippen molar-refractivity contribution in [2.75, 3.05) is 31.6 Å². The summed E-state index contributed by atoms with van der Waals surface area (Å²) in [6.07, 6.45) is -10.3. The van der Waals surface area contributed by atoms with Gasteiger partial charge in [-0.25, -0.2) is 9.18 Å². The second kappa shape index (κ2) is 11.5. The lowest BCUT2D eigenvalue weighted by atomic mass is 9.95. The summed E-state index contributed by atoms with van der Waals surface area (Å²) in [4.78, 5) is 19.8. The van der Waals surface area contributed by atoms with E-state index < -0.39 is 63.9 Å². The first-order valence-electron chi connectivity index (χ1n) is 11.9. The molecule has 1 saturated heterocycles. The smallest absolute Gasteiger partial charge is 0.409 e. The van der Waals surface area contributed by atoms with Gasteiger partial charge in [-0.15, -0.1) is 0 Å². The fourth-order valence-corrected chi connectivity index (χ4v) is 4.25. The lowest BCUT2D eigenvalue weighted by molar-refractivity contribution is -0.143. The van der Waals surface area contributed by atoms with Crippen molar-refractivity contribution in [1.29, 1.82) is 0 Å². The molecule has 1 aliphatic rings. The van der Waals surface area contributed by atoms with Gasteiger partial charge < -0.3 is 20.5 Å². The minimum absolute atomic E-state index is 0.0679. The Morgan fingerprint density at radius 1 is 1.15 bits per heavy atom. The molecule has 3 rings (SSSR count). The lowest BCUT2D eigenvalue weighted by Crippen LogP contribution is -2.61. The van der Waals surface area contributed by atoms with E-state index in [1.54, 1.807) is 11.9 Å². The highest BCUT2D eigenvalue weighted by Gasteiger charge is 2.42. The predicted molar refractivity (Wildman–Crippen MR) is 134 cm³/mol. The molecule has 0 radical (unpaired) electrons. The molecule has 0 aromatic heterocycles. The van der Waals surface area contributed by atoms with Gasteiger partial charge in [0.2, 0.25) is 0 Å². The van der Waals surface area contributed by atoms with Crippen LogP contribution in [0.1, 0.15) is 30.5 Å². The van der Waals surface area contributed by atoms with E-state index in [1.165, 1.54) is 26.0 Å². The van der Waals surface area contributed by atoms with Crippen LogP contribution in [0.15, 0.2) is 47.6 Å². The predicted octanol–water partition coefficient (Wildman–Crippen LogP) is 5.32. The Morgan fingerprint density at radius 2 is 1.75 bits per heavy atom. The van der Waals surface area contributed by atoms with Crippen LogP contribution in [0, 0.1) is 5.82 Å². The second-order valence-corrected chi connectivity index (χ2v) is 9.69. The number of benzene rings is 2. The number of carbonyl (C=O) groups excluding carboxylic acids is 1. The van der Waals surface area contributed by atoms with Crippen molar-refractivity contribution in [2.24, 2.45) is 10.7 Å². The van der Waals surface area contributed by atoms with Crippen molar-refractivity contribution in [3.63, 3.8) is 0 Å². The number of amides is 1. The number of aliphatic hydroxyl groups is 1. The van der Waals surface area contributed by atoms with E-state index >= 15 is 0 Å². The largest absolute Gasteiger partial charge is 0.420 e. The third-order valence-corrected chi connectivity index (χ3v) is 5.96.